The Hall–Kier alpha value is -2.85. The maximum Gasteiger partial charge on any atom is 0.490 e. The van der Waals surface area contributed by atoms with Gasteiger partial charge < -0.3 is 20.3 Å². The van der Waals surface area contributed by atoms with Crippen LogP contribution >= 0.6 is 11.3 Å². The van der Waals surface area contributed by atoms with E-state index < -0.39 is 12.1 Å². The van der Waals surface area contributed by atoms with Crippen molar-refractivity contribution in [3.05, 3.63) is 57.9 Å². The topological polar surface area (TPSA) is 83.4 Å². The first kappa shape index (κ1) is 22.8. The zero-order valence-corrected chi connectivity index (χ0v) is 17.5. The molecule has 1 unspecified atom stereocenters. The third-order valence-electron chi connectivity index (χ3n) is 4.88. The van der Waals surface area contributed by atoms with Crippen LogP contribution in [0.2, 0.25) is 0 Å². The number of aromatic nitrogens is 1. The van der Waals surface area contributed by atoms with E-state index in [4.69, 9.17) is 9.90 Å². The summed E-state index contributed by atoms with van der Waals surface area (Å²) in [6.07, 6.45) is -2.01. The zero-order valence-electron chi connectivity index (χ0n) is 16.7. The number of alkyl halides is 3. The highest BCUT2D eigenvalue weighted by Crippen LogP contribution is 2.27. The summed E-state index contributed by atoms with van der Waals surface area (Å²) in [4.78, 5) is 22.7. The number of halogens is 3. The molecule has 3 N–H and O–H groups in total. The summed E-state index contributed by atoms with van der Waals surface area (Å²) in [6, 6.07) is 10.8. The highest BCUT2D eigenvalue weighted by molar-refractivity contribution is 7.10. The predicted molar refractivity (Wildman–Crippen MR) is 112 cm³/mol. The van der Waals surface area contributed by atoms with Gasteiger partial charge in [-0.1, -0.05) is 11.6 Å². The van der Waals surface area contributed by atoms with Crippen LogP contribution in [-0.4, -0.2) is 40.8 Å². The van der Waals surface area contributed by atoms with Crippen LogP contribution in [0.15, 0.2) is 41.9 Å². The summed E-state index contributed by atoms with van der Waals surface area (Å²) in [5, 5.41) is 17.0. The molecule has 0 fully saturated rings. The molecule has 3 heterocycles. The highest BCUT2D eigenvalue weighted by Gasteiger charge is 2.38. The lowest BCUT2D eigenvalue weighted by molar-refractivity contribution is -0.192. The van der Waals surface area contributed by atoms with E-state index in [9.17, 15) is 18.0 Å². The number of nitrogens with one attached hydrogen (secondary N) is 2. The number of amides is 1. The molecule has 6 nitrogen and oxygen atoms in total. The summed E-state index contributed by atoms with van der Waals surface area (Å²) in [6.45, 7) is 4.06. The van der Waals surface area contributed by atoms with Gasteiger partial charge in [-0.2, -0.15) is 13.2 Å². The van der Waals surface area contributed by atoms with Crippen molar-refractivity contribution in [1.82, 2.24) is 15.2 Å². The average Bonchev–Trinajstić information content (AvgIpc) is 3.33. The molecule has 0 bridgehead atoms. The van der Waals surface area contributed by atoms with Gasteiger partial charge in [0.05, 0.1) is 6.04 Å². The van der Waals surface area contributed by atoms with Crippen LogP contribution in [0.3, 0.4) is 0 Å². The predicted octanol–water partition coefficient (Wildman–Crippen LogP) is 3.65. The number of carboxylic acids is 1. The first-order valence-corrected chi connectivity index (χ1v) is 10.4. The maximum absolute atomic E-state index is 12.4. The lowest BCUT2D eigenvalue weighted by atomic mass is 10.0. The molecule has 0 radical (unpaired) electrons. The smallest absolute Gasteiger partial charge is 0.475 e. The quantitative estimate of drug-likeness (QED) is 0.563. The van der Waals surface area contributed by atoms with Gasteiger partial charge in [0.15, 0.2) is 0 Å². The molecule has 0 aliphatic carbocycles. The van der Waals surface area contributed by atoms with Gasteiger partial charge in [-0.05, 0) is 53.9 Å². The number of hydrogen-bond acceptors (Lipinski definition) is 4. The van der Waals surface area contributed by atoms with Crippen LogP contribution in [0.1, 0.15) is 22.0 Å². The summed E-state index contributed by atoms with van der Waals surface area (Å²) in [7, 11) is 0. The molecule has 0 saturated carbocycles. The van der Waals surface area contributed by atoms with E-state index in [0.29, 0.717) is 13.1 Å². The maximum atomic E-state index is 12.4. The number of carboxylic acid groups (broad SMARTS) is 1. The van der Waals surface area contributed by atoms with Crippen LogP contribution in [0, 0.1) is 6.92 Å². The largest absolute Gasteiger partial charge is 0.490 e. The van der Waals surface area contributed by atoms with Crippen molar-refractivity contribution in [2.75, 3.05) is 13.1 Å². The Balaban J connectivity index is 0.000000339. The Morgan fingerprint density at radius 1 is 1.29 bits per heavy atom. The number of hydrogen-bond donors (Lipinski definition) is 3. The minimum Gasteiger partial charge on any atom is -0.475 e. The Kier molecular flexibility index (Phi) is 7.01. The van der Waals surface area contributed by atoms with Crippen LogP contribution < -0.4 is 10.6 Å². The molecule has 31 heavy (non-hydrogen) atoms. The molecule has 2 aromatic heterocycles. The first-order chi connectivity index (χ1) is 14.6. The van der Waals surface area contributed by atoms with Crippen molar-refractivity contribution in [3.63, 3.8) is 0 Å². The van der Waals surface area contributed by atoms with E-state index in [2.05, 4.69) is 53.3 Å². The number of carbonyl (C=O) groups is 2. The second kappa shape index (κ2) is 9.52. The van der Waals surface area contributed by atoms with Crippen LogP contribution in [0.4, 0.5) is 13.2 Å². The summed E-state index contributed by atoms with van der Waals surface area (Å²) in [5.41, 5.74) is 3.68. The first-order valence-electron chi connectivity index (χ1n) is 9.57. The van der Waals surface area contributed by atoms with Crippen molar-refractivity contribution in [2.24, 2.45) is 0 Å². The van der Waals surface area contributed by atoms with Crippen molar-refractivity contribution in [1.29, 1.82) is 0 Å². The third-order valence-corrected chi connectivity index (χ3v) is 5.88. The van der Waals surface area contributed by atoms with Gasteiger partial charge in [0.2, 0.25) is 5.91 Å². The molecule has 3 aromatic rings. The summed E-state index contributed by atoms with van der Waals surface area (Å²) >= 11 is 1.81. The molecular formula is C21H22F3N3O3S. The van der Waals surface area contributed by atoms with E-state index in [1.54, 1.807) is 0 Å². The van der Waals surface area contributed by atoms with Gasteiger partial charge in [0.25, 0.3) is 0 Å². The molecule has 1 atom stereocenters. The normalized spacial score (nSPS) is 15.7. The number of benzene rings is 1. The Bertz CT molecular complexity index is 1070. The molecule has 1 amide bonds. The molecule has 1 aromatic carbocycles. The van der Waals surface area contributed by atoms with E-state index in [1.807, 2.05) is 22.1 Å². The van der Waals surface area contributed by atoms with E-state index in [0.717, 1.165) is 18.5 Å². The number of aryl methyl sites for hydroxylation is 1. The minimum absolute atomic E-state index is 0.0530. The average molecular weight is 453 g/mol. The number of nitrogens with zero attached hydrogens (tertiary/aromatic N) is 1. The summed E-state index contributed by atoms with van der Waals surface area (Å²) in [5.74, 6) is -2.70. The Morgan fingerprint density at radius 3 is 2.74 bits per heavy atom. The molecule has 1 aliphatic rings. The fraction of sp³-hybridized carbons (Fsp3) is 0.333. The van der Waals surface area contributed by atoms with E-state index >= 15 is 0 Å². The number of carbonyl (C=O) groups excluding carboxylic acids is 1. The molecule has 10 heteroatoms. The van der Waals surface area contributed by atoms with Crippen LogP contribution in [0.25, 0.3) is 10.9 Å². The van der Waals surface area contributed by atoms with Gasteiger partial charge >= 0.3 is 12.1 Å². The van der Waals surface area contributed by atoms with E-state index in [-0.39, 0.29) is 11.9 Å². The molecule has 0 saturated heterocycles. The zero-order chi connectivity index (χ0) is 22.6. The van der Waals surface area contributed by atoms with Crippen molar-refractivity contribution in [3.8, 4) is 0 Å². The Morgan fingerprint density at radius 2 is 2.03 bits per heavy atom. The SMILES string of the molecule is Cc1ccc2c(ccn2CC(=O)NCC2NCCc3sccc32)c1.O=C(O)C(F)(F)F. The lowest BCUT2D eigenvalue weighted by Crippen LogP contribution is -2.39. The number of fused-ring (bicyclic) bond motifs is 2. The monoisotopic (exact) mass is 453 g/mol. The molecule has 1 aliphatic heterocycles. The number of rotatable bonds is 4. The van der Waals surface area contributed by atoms with Gasteiger partial charge in [0.1, 0.15) is 6.54 Å². The van der Waals surface area contributed by atoms with Gasteiger partial charge in [0, 0.05) is 29.7 Å². The molecule has 4 rings (SSSR count). The molecule has 0 spiro atoms. The minimum atomic E-state index is -5.08. The van der Waals surface area contributed by atoms with Gasteiger partial charge in [-0.25, -0.2) is 4.79 Å². The summed E-state index contributed by atoms with van der Waals surface area (Å²) < 4.78 is 33.7. The van der Waals surface area contributed by atoms with Crippen LogP contribution in [-0.2, 0) is 22.6 Å². The highest BCUT2D eigenvalue weighted by atomic mass is 32.1. The van der Waals surface area contributed by atoms with Crippen molar-refractivity contribution >= 4 is 34.1 Å². The lowest BCUT2D eigenvalue weighted by Gasteiger charge is -2.24. The van der Waals surface area contributed by atoms with Crippen molar-refractivity contribution in [2.45, 2.75) is 32.1 Å². The fourth-order valence-electron chi connectivity index (χ4n) is 3.40. The molecular weight excluding hydrogens is 431 g/mol. The number of aliphatic carboxylic acids is 1. The van der Waals surface area contributed by atoms with Crippen LogP contribution in [0.5, 0.6) is 0 Å². The van der Waals surface area contributed by atoms with Gasteiger partial charge in [-0.3, -0.25) is 4.79 Å². The Labute approximate surface area is 180 Å². The number of thiophene rings is 1. The second-order valence-electron chi connectivity index (χ2n) is 7.17. The standard InChI is InChI=1S/C19H21N3OS.C2HF3O2/c1-13-2-3-17-14(10-13)5-8-22(17)12-19(23)21-11-16-15-6-9-24-18(15)4-7-20-16;3-2(4,5)1(6)7/h2-3,5-6,8-10,16,20H,4,7,11-12H2,1H3,(H,21,23);(H,6,7). The van der Waals surface area contributed by atoms with Gasteiger partial charge in [-0.15, -0.1) is 11.3 Å². The van der Waals surface area contributed by atoms with E-state index in [1.165, 1.54) is 21.4 Å². The third kappa shape index (κ3) is 5.86. The molecule has 166 valence electrons. The van der Waals surface area contributed by atoms with Crippen molar-refractivity contribution < 1.29 is 27.9 Å². The fourth-order valence-corrected chi connectivity index (χ4v) is 4.35. The second-order valence-corrected chi connectivity index (χ2v) is 8.17.